The number of hydrogen-bond acceptors (Lipinski definition) is 18. The van der Waals surface area contributed by atoms with Gasteiger partial charge in [0, 0.05) is 46.4 Å². The summed E-state index contributed by atoms with van der Waals surface area (Å²) in [6.45, 7) is 6.66. The number of ether oxygens (including phenoxy) is 8. The van der Waals surface area contributed by atoms with Crippen molar-refractivity contribution in [3.63, 3.8) is 0 Å². The standard InChI is InChI=1S/C38H64N4O17S2/c1-23(43)41-7-3-25-32(41)36(49)34(47)27(58-25)20-56-17-15-54-13-11-52-9-5-39-30(45)19-29(61-22-31(46)60)38(51)40-6-10-53-12-14-55-16-18-57-21-28-35(48)37(50)33-26(59-28)4-8-42(33)24(2)44/h25-29,32-37,47-50H,3-22H2,1-2H3,(H,39,45)(H,40,51)(H,46,60)/t25-,26-,27-,28-,29?,32+,33+,34+,35+,36-,37-/m1/s1. The van der Waals surface area contributed by atoms with Gasteiger partial charge in [0.1, 0.15) is 36.6 Å². The van der Waals surface area contributed by atoms with Crippen molar-refractivity contribution in [1.82, 2.24) is 20.4 Å². The maximum atomic E-state index is 12.8. The van der Waals surface area contributed by atoms with Crippen molar-refractivity contribution in [3.05, 3.63) is 0 Å². The molecule has 4 amide bonds. The Morgan fingerprint density at radius 2 is 1.05 bits per heavy atom. The van der Waals surface area contributed by atoms with E-state index < -0.39 is 70.9 Å². The molecule has 4 aliphatic rings. The number of hydrogen-bond donors (Lipinski definition) is 7. The number of fused-ring (bicyclic) bond motifs is 2. The van der Waals surface area contributed by atoms with Crippen LogP contribution in [0.5, 0.6) is 0 Å². The summed E-state index contributed by atoms with van der Waals surface area (Å²) in [4.78, 5) is 63.5. The van der Waals surface area contributed by atoms with Crippen LogP contribution in [0.15, 0.2) is 0 Å². The van der Waals surface area contributed by atoms with Gasteiger partial charge >= 0.3 is 0 Å². The molecule has 4 saturated heterocycles. The molecular formula is C38H64N4O17S2. The van der Waals surface area contributed by atoms with Crippen LogP contribution < -0.4 is 10.6 Å². The van der Waals surface area contributed by atoms with Crippen LogP contribution in [0.2, 0.25) is 0 Å². The van der Waals surface area contributed by atoms with Gasteiger partial charge in [0.25, 0.3) is 0 Å². The predicted octanol–water partition coefficient (Wildman–Crippen LogP) is -3.51. The first kappa shape index (κ1) is 51.4. The molecule has 4 fully saturated rings. The maximum absolute atomic E-state index is 12.8. The van der Waals surface area contributed by atoms with E-state index in [1.165, 1.54) is 23.6 Å². The Morgan fingerprint density at radius 1 is 0.639 bits per heavy atom. The van der Waals surface area contributed by atoms with E-state index in [2.05, 4.69) is 23.3 Å². The number of thioether (sulfide) groups is 1. The number of rotatable bonds is 28. The predicted molar refractivity (Wildman–Crippen MR) is 219 cm³/mol. The molecule has 61 heavy (non-hydrogen) atoms. The first-order chi connectivity index (χ1) is 29.3. The second-order valence-electron chi connectivity index (χ2n) is 15.0. The van der Waals surface area contributed by atoms with Gasteiger partial charge in [-0.15, -0.1) is 24.4 Å². The third-order valence-electron chi connectivity index (χ3n) is 10.7. The molecule has 21 nitrogen and oxygen atoms in total. The number of nitrogens with one attached hydrogen (secondary N) is 2. The molecular weight excluding hydrogens is 849 g/mol. The van der Waals surface area contributed by atoms with Gasteiger partial charge in [0.2, 0.25) is 23.6 Å². The first-order valence-electron chi connectivity index (χ1n) is 20.7. The van der Waals surface area contributed by atoms with Crippen molar-refractivity contribution >= 4 is 53.1 Å². The summed E-state index contributed by atoms with van der Waals surface area (Å²) in [7, 11) is 0. The molecule has 1 unspecified atom stereocenters. The molecule has 4 aliphatic heterocycles. The second-order valence-corrected chi connectivity index (χ2v) is 16.7. The summed E-state index contributed by atoms with van der Waals surface area (Å²) in [5.41, 5.74) is 0. The van der Waals surface area contributed by atoms with E-state index >= 15 is 0 Å². The monoisotopic (exact) mass is 912 g/mol. The minimum Gasteiger partial charge on any atom is -0.388 e. The average molecular weight is 913 g/mol. The zero-order valence-corrected chi connectivity index (χ0v) is 36.5. The zero-order valence-electron chi connectivity index (χ0n) is 34.8. The van der Waals surface area contributed by atoms with Crippen LogP contribution in [0, 0.1) is 0 Å². The molecule has 0 spiro atoms. The lowest BCUT2D eigenvalue weighted by Gasteiger charge is -2.42. The summed E-state index contributed by atoms with van der Waals surface area (Å²) in [6, 6.07) is -1.13. The van der Waals surface area contributed by atoms with Gasteiger partial charge in [-0.1, -0.05) is 0 Å². The van der Waals surface area contributed by atoms with Crippen molar-refractivity contribution in [2.24, 2.45) is 0 Å². The van der Waals surface area contributed by atoms with Crippen LogP contribution in [0.25, 0.3) is 0 Å². The Morgan fingerprint density at radius 3 is 1.48 bits per heavy atom. The summed E-state index contributed by atoms with van der Waals surface area (Å²) in [6.07, 6.45) is -5.78. The molecule has 0 saturated carbocycles. The van der Waals surface area contributed by atoms with Gasteiger partial charge in [-0.05, 0) is 12.8 Å². The van der Waals surface area contributed by atoms with Gasteiger partial charge in [-0.2, -0.15) is 0 Å². The minimum atomic E-state index is -1.19. The number of carbonyl (C=O) groups excluding carboxylic acids is 5. The number of nitrogens with zero attached hydrogens (tertiary/aromatic N) is 2. The molecule has 11 atom stereocenters. The topological polar surface area (TPSA) is 271 Å². The molecule has 4 rings (SSSR count). The Balaban J connectivity index is 0.955. The Hall–Kier alpha value is -2.23. The van der Waals surface area contributed by atoms with E-state index in [4.69, 9.17) is 37.9 Å². The molecule has 0 aromatic carbocycles. The molecule has 0 aromatic rings. The SMILES string of the molecule is CC(=O)N1CC[C@H]2O[C@H](COCCOCCOCCNC(=O)CC(SCC(=O)S)C(=O)NCCOCCOCCOC[C@H]3O[C@@H]4CCN(C(C)=O)[C@@H]4[C@@H](O)[C@H]3O)[C@H](O)[C@H](O)[C@H]21. The van der Waals surface area contributed by atoms with Crippen LogP contribution in [-0.4, -0.2) is 236 Å². The van der Waals surface area contributed by atoms with Crippen LogP contribution in [-0.2, 0) is 61.9 Å². The first-order valence-corrected chi connectivity index (χ1v) is 22.2. The van der Waals surface area contributed by atoms with Crippen molar-refractivity contribution < 1.29 is 82.3 Å². The van der Waals surface area contributed by atoms with Gasteiger partial charge in [0.05, 0.1) is 115 Å². The fourth-order valence-corrected chi connectivity index (χ4v) is 8.76. The van der Waals surface area contributed by atoms with E-state index in [1.54, 1.807) is 0 Å². The average Bonchev–Trinajstić information content (AvgIpc) is 3.86. The molecule has 350 valence electrons. The molecule has 0 bridgehead atoms. The van der Waals surface area contributed by atoms with E-state index in [0.717, 1.165) is 11.8 Å². The molecule has 23 heteroatoms. The Bertz CT molecular complexity index is 1390. The van der Waals surface area contributed by atoms with Crippen molar-refractivity contribution in [2.75, 3.05) is 111 Å². The summed E-state index contributed by atoms with van der Waals surface area (Å²) in [5, 5.41) is 46.3. The van der Waals surface area contributed by atoms with E-state index in [9.17, 15) is 44.4 Å². The number of aliphatic hydroxyl groups is 4. The highest BCUT2D eigenvalue weighted by molar-refractivity contribution is 8.05. The normalized spacial score (nSPS) is 28.9. The lowest BCUT2D eigenvalue weighted by atomic mass is 9.93. The molecule has 4 heterocycles. The number of thiol groups is 1. The zero-order chi connectivity index (χ0) is 44.3. The van der Waals surface area contributed by atoms with Gasteiger partial charge in [0.15, 0.2) is 5.12 Å². The van der Waals surface area contributed by atoms with Crippen LogP contribution in [0.4, 0.5) is 0 Å². The van der Waals surface area contributed by atoms with Crippen LogP contribution in [0.1, 0.15) is 33.1 Å². The quantitative estimate of drug-likeness (QED) is 0.0296. The van der Waals surface area contributed by atoms with Crippen LogP contribution in [0.3, 0.4) is 0 Å². The third-order valence-corrected chi connectivity index (χ3v) is 12.3. The van der Waals surface area contributed by atoms with E-state index in [0.29, 0.717) is 25.9 Å². The smallest absolute Gasteiger partial charge is 0.233 e. The van der Waals surface area contributed by atoms with Crippen LogP contribution >= 0.6 is 24.4 Å². The fourth-order valence-electron chi connectivity index (χ4n) is 7.69. The number of likely N-dealkylation sites (tertiary alicyclic amines) is 2. The van der Waals surface area contributed by atoms with Gasteiger partial charge < -0.3 is 78.8 Å². The Labute approximate surface area is 365 Å². The molecule has 6 N–H and O–H groups in total. The minimum absolute atomic E-state index is 0.0565. The molecule has 0 radical (unpaired) electrons. The number of amides is 4. The highest BCUT2D eigenvalue weighted by Crippen LogP contribution is 2.33. The largest absolute Gasteiger partial charge is 0.388 e. The van der Waals surface area contributed by atoms with Crippen molar-refractivity contribution in [2.45, 2.75) is 99.3 Å². The molecule has 0 aliphatic carbocycles. The third kappa shape index (κ3) is 16.4. The molecule has 0 aromatic heterocycles. The van der Waals surface area contributed by atoms with Gasteiger partial charge in [-0.25, -0.2) is 0 Å². The van der Waals surface area contributed by atoms with Crippen molar-refractivity contribution in [1.29, 1.82) is 0 Å². The highest BCUT2D eigenvalue weighted by atomic mass is 32.2. The Kier molecular flexibility index (Phi) is 22.9. The summed E-state index contributed by atoms with van der Waals surface area (Å²) < 4.78 is 45.0. The van der Waals surface area contributed by atoms with Gasteiger partial charge in [-0.3, -0.25) is 24.0 Å². The summed E-state index contributed by atoms with van der Waals surface area (Å²) >= 11 is 4.77. The second kappa shape index (κ2) is 27.2. The number of carbonyl (C=O) groups is 5. The lowest BCUT2D eigenvalue weighted by molar-refractivity contribution is -0.203. The van der Waals surface area contributed by atoms with Crippen molar-refractivity contribution in [3.8, 4) is 0 Å². The maximum Gasteiger partial charge on any atom is 0.233 e. The van der Waals surface area contributed by atoms with E-state index in [-0.39, 0.29) is 129 Å². The fraction of sp³-hybridized carbons (Fsp3) is 0.868. The number of aliphatic hydroxyl groups excluding tert-OH is 4. The summed E-state index contributed by atoms with van der Waals surface area (Å²) in [5.74, 6) is -1.21. The highest BCUT2D eigenvalue weighted by Gasteiger charge is 2.52. The van der Waals surface area contributed by atoms with E-state index in [1.807, 2.05) is 0 Å². The lowest BCUT2D eigenvalue weighted by Crippen LogP contribution is -2.61.